The number of Topliss-reactive ketones (excluding diaryl/α,β-unsaturated/α-hetero) is 1. The minimum Gasteiger partial charge on any atom is -0.355 e. The number of carbonyl (C=O) groups excluding carboxylic acids is 2. The first kappa shape index (κ1) is 9.19. The SMILES string of the molecule is CN(C)CC1C(=O)CCNC1=O. The molecule has 0 aromatic rings. The van der Waals surface area contributed by atoms with Gasteiger partial charge in [-0.3, -0.25) is 9.59 Å². The lowest BCUT2D eigenvalue weighted by Crippen LogP contribution is -2.46. The molecular weight excluding hydrogens is 156 g/mol. The summed E-state index contributed by atoms with van der Waals surface area (Å²) in [4.78, 5) is 24.3. The van der Waals surface area contributed by atoms with Crippen LogP contribution in [0.4, 0.5) is 0 Å². The molecule has 1 amide bonds. The van der Waals surface area contributed by atoms with Gasteiger partial charge in [-0.1, -0.05) is 0 Å². The van der Waals surface area contributed by atoms with Gasteiger partial charge in [-0.05, 0) is 14.1 Å². The number of piperidine rings is 1. The van der Waals surface area contributed by atoms with E-state index in [2.05, 4.69) is 5.32 Å². The molecule has 1 N–H and O–H groups in total. The topological polar surface area (TPSA) is 49.4 Å². The van der Waals surface area contributed by atoms with Gasteiger partial charge in [-0.2, -0.15) is 0 Å². The van der Waals surface area contributed by atoms with Gasteiger partial charge in [0.2, 0.25) is 5.91 Å². The first-order valence-electron chi connectivity index (χ1n) is 4.06. The Bertz CT molecular complexity index is 185. The molecular formula is C8H14N2O2. The lowest BCUT2D eigenvalue weighted by molar-refractivity contribution is -0.137. The number of hydrogen-bond acceptors (Lipinski definition) is 3. The standard InChI is InChI=1S/C8H14N2O2/c1-10(2)5-6-7(11)3-4-9-8(6)12/h6H,3-5H2,1-2H3,(H,9,12). The maximum absolute atomic E-state index is 11.3. The summed E-state index contributed by atoms with van der Waals surface area (Å²) in [5.41, 5.74) is 0. The Balaban J connectivity index is 2.57. The van der Waals surface area contributed by atoms with Crippen molar-refractivity contribution in [3.8, 4) is 0 Å². The van der Waals surface area contributed by atoms with Gasteiger partial charge in [-0.25, -0.2) is 0 Å². The molecule has 1 saturated heterocycles. The second-order valence-electron chi connectivity index (χ2n) is 3.32. The molecule has 0 aliphatic carbocycles. The third-order valence-electron chi connectivity index (χ3n) is 1.92. The molecule has 4 heteroatoms. The normalized spacial score (nSPS) is 24.4. The Labute approximate surface area is 71.9 Å². The molecule has 1 fully saturated rings. The highest BCUT2D eigenvalue weighted by molar-refractivity contribution is 6.03. The molecule has 68 valence electrons. The van der Waals surface area contributed by atoms with Crippen molar-refractivity contribution in [2.75, 3.05) is 27.2 Å². The molecule has 0 radical (unpaired) electrons. The summed E-state index contributed by atoms with van der Waals surface area (Å²) in [6.45, 7) is 1.02. The van der Waals surface area contributed by atoms with Crippen molar-refractivity contribution in [3.05, 3.63) is 0 Å². The highest BCUT2D eigenvalue weighted by atomic mass is 16.2. The maximum atomic E-state index is 11.3. The number of rotatable bonds is 2. The van der Waals surface area contributed by atoms with E-state index in [-0.39, 0.29) is 11.7 Å². The van der Waals surface area contributed by atoms with E-state index in [4.69, 9.17) is 0 Å². The van der Waals surface area contributed by atoms with Crippen LogP contribution in [0.25, 0.3) is 0 Å². The zero-order valence-electron chi connectivity index (χ0n) is 7.46. The van der Waals surface area contributed by atoms with E-state index in [0.717, 1.165) is 0 Å². The van der Waals surface area contributed by atoms with Gasteiger partial charge in [-0.15, -0.1) is 0 Å². The maximum Gasteiger partial charge on any atom is 0.231 e. The quantitative estimate of drug-likeness (QED) is 0.555. The fraction of sp³-hybridized carbons (Fsp3) is 0.750. The van der Waals surface area contributed by atoms with Crippen molar-refractivity contribution >= 4 is 11.7 Å². The molecule has 1 rings (SSSR count). The zero-order chi connectivity index (χ0) is 9.14. The largest absolute Gasteiger partial charge is 0.355 e. The van der Waals surface area contributed by atoms with Crippen LogP contribution in [-0.2, 0) is 9.59 Å². The summed E-state index contributed by atoms with van der Waals surface area (Å²) in [6.07, 6.45) is 0.476. The van der Waals surface area contributed by atoms with Crippen molar-refractivity contribution in [1.82, 2.24) is 10.2 Å². The lowest BCUT2D eigenvalue weighted by atomic mass is 9.97. The average Bonchev–Trinajstić information content (AvgIpc) is 1.97. The van der Waals surface area contributed by atoms with Crippen molar-refractivity contribution in [1.29, 1.82) is 0 Å². The van der Waals surface area contributed by atoms with Crippen LogP contribution in [0.15, 0.2) is 0 Å². The van der Waals surface area contributed by atoms with Gasteiger partial charge in [0.15, 0.2) is 0 Å². The van der Waals surface area contributed by atoms with Gasteiger partial charge in [0, 0.05) is 19.5 Å². The van der Waals surface area contributed by atoms with Crippen molar-refractivity contribution in [2.24, 2.45) is 5.92 Å². The number of nitrogens with zero attached hydrogens (tertiary/aromatic N) is 1. The minimum atomic E-state index is -0.450. The Kier molecular flexibility index (Phi) is 2.81. The number of amides is 1. The van der Waals surface area contributed by atoms with E-state index in [9.17, 15) is 9.59 Å². The van der Waals surface area contributed by atoms with Crippen LogP contribution >= 0.6 is 0 Å². The number of hydrogen-bond donors (Lipinski definition) is 1. The third kappa shape index (κ3) is 2.04. The van der Waals surface area contributed by atoms with Gasteiger partial charge in [0.05, 0.1) is 0 Å². The van der Waals surface area contributed by atoms with E-state index in [1.165, 1.54) is 0 Å². The Morgan fingerprint density at radius 1 is 1.50 bits per heavy atom. The van der Waals surface area contributed by atoms with Crippen LogP contribution in [0.1, 0.15) is 6.42 Å². The van der Waals surface area contributed by atoms with Crippen LogP contribution in [0, 0.1) is 5.92 Å². The molecule has 0 aromatic carbocycles. The molecule has 0 saturated carbocycles. The zero-order valence-corrected chi connectivity index (χ0v) is 7.46. The molecule has 1 heterocycles. The molecule has 0 spiro atoms. The highest BCUT2D eigenvalue weighted by Gasteiger charge is 2.29. The first-order chi connectivity index (χ1) is 5.61. The first-order valence-corrected chi connectivity index (χ1v) is 4.06. The number of ketones is 1. The molecule has 1 aliphatic rings. The second-order valence-corrected chi connectivity index (χ2v) is 3.32. The minimum absolute atomic E-state index is 0.0625. The van der Waals surface area contributed by atoms with Gasteiger partial charge in [0.1, 0.15) is 11.7 Å². The predicted octanol–water partition coefficient (Wildman–Crippen LogP) is -0.747. The fourth-order valence-corrected chi connectivity index (χ4v) is 1.30. The van der Waals surface area contributed by atoms with Crippen LogP contribution in [0.2, 0.25) is 0 Å². The van der Waals surface area contributed by atoms with E-state index in [0.29, 0.717) is 19.5 Å². The number of carbonyl (C=O) groups is 2. The predicted molar refractivity (Wildman–Crippen MR) is 44.7 cm³/mol. The highest BCUT2D eigenvalue weighted by Crippen LogP contribution is 2.07. The molecule has 4 nitrogen and oxygen atoms in total. The van der Waals surface area contributed by atoms with E-state index in [1.807, 2.05) is 19.0 Å². The molecule has 0 aromatic heterocycles. The molecule has 1 unspecified atom stereocenters. The summed E-state index contributed by atoms with van der Waals surface area (Å²) in [7, 11) is 3.71. The second kappa shape index (κ2) is 3.67. The molecule has 0 bridgehead atoms. The third-order valence-corrected chi connectivity index (χ3v) is 1.92. The van der Waals surface area contributed by atoms with Crippen LogP contribution in [-0.4, -0.2) is 43.8 Å². The fourth-order valence-electron chi connectivity index (χ4n) is 1.30. The Morgan fingerprint density at radius 2 is 2.17 bits per heavy atom. The van der Waals surface area contributed by atoms with Gasteiger partial charge >= 0.3 is 0 Å². The molecule has 1 aliphatic heterocycles. The van der Waals surface area contributed by atoms with Crippen molar-refractivity contribution in [2.45, 2.75) is 6.42 Å². The molecule has 12 heavy (non-hydrogen) atoms. The molecule has 1 atom stereocenters. The lowest BCUT2D eigenvalue weighted by Gasteiger charge is -2.23. The van der Waals surface area contributed by atoms with Gasteiger partial charge < -0.3 is 10.2 Å². The summed E-state index contributed by atoms with van der Waals surface area (Å²) >= 11 is 0. The van der Waals surface area contributed by atoms with E-state index in [1.54, 1.807) is 0 Å². The van der Waals surface area contributed by atoms with Gasteiger partial charge in [0.25, 0.3) is 0 Å². The summed E-state index contributed by atoms with van der Waals surface area (Å²) in [5, 5.41) is 2.68. The number of nitrogens with one attached hydrogen (secondary N) is 1. The smallest absolute Gasteiger partial charge is 0.231 e. The van der Waals surface area contributed by atoms with E-state index < -0.39 is 5.92 Å². The summed E-state index contributed by atoms with van der Waals surface area (Å²) < 4.78 is 0. The van der Waals surface area contributed by atoms with Crippen LogP contribution in [0.5, 0.6) is 0 Å². The van der Waals surface area contributed by atoms with Crippen LogP contribution in [0.3, 0.4) is 0 Å². The monoisotopic (exact) mass is 170 g/mol. The average molecular weight is 170 g/mol. The summed E-state index contributed by atoms with van der Waals surface area (Å²) in [6, 6.07) is 0. The summed E-state index contributed by atoms with van der Waals surface area (Å²) in [5.74, 6) is -0.513. The van der Waals surface area contributed by atoms with Crippen LogP contribution < -0.4 is 5.32 Å². The van der Waals surface area contributed by atoms with Crippen molar-refractivity contribution < 1.29 is 9.59 Å². The Morgan fingerprint density at radius 3 is 2.67 bits per heavy atom. The van der Waals surface area contributed by atoms with Crippen molar-refractivity contribution in [3.63, 3.8) is 0 Å². The van der Waals surface area contributed by atoms with E-state index >= 15 is 0 Å². The Hall–Kier alpha value is -0.900.